The number of aliphatic hydroxyl groups excluding tert-OH is 1. The fourth-order valence-corrected chi connectivity index (χ4v) is 3.47. The average molecular weight is 266 g/mol. The van der Waals surface area contributed by atoms with E-state index < -0.39 is 0 Å². The summed E-state index contributed by atoms with van der Waals surface area (Å²) in [5, 5.41) is 9.80. The number of hydrogen-bond acceptors (Lipinski definition) is 4. The number of halogens is 1. The zero-order valence-electron chi connectivity index (χ0n) is 11.0. The smallest absolute Gasteiger partial charge is 0.148 e. The van der Waals surface area contributed by atoms with E-state index in [-0.39, 0.29) is 24.0 Å². The first-order valence-electron chi connectivity index (χ1n) is 6.69. The molecule has 0 aromatic heterocycles. The number of benzene rings is 1. The highest BCUT2D eigenvalue weighted by atomic mass is 19.1. The lowest BCUT2D eigenvalue weighted by Crippen LogP contribution is -2.45. The third kappa shape index (κ3) is 2.02. The number of piperidine rings is 1. The molecule has 3 rings (SSSR count). The Morgan fingerprint density at radius 2 is 1.95 bits per heavy atom. The summed E-state index contributed by atoms with van der Waals surface area (Å²) in [4.78, 5) is 2.10. The van der Waals surface area contributed by atoms with E-state index in [9.17, 15) is 9.50 Å². The predicted octanol–water partition coefficient (Wildman–Crippen LogP) is 1.91. The number of aliphatic hydroxyl groups is 1. The van der Waals surface area contributed by atoms with Crippen LogP contribution in [0.15, 0.2) is 12.1 Å². The van der Waals surface area contributed by atoms with E-state index in [1.165, 1.54) is 13.2 Å². The molecule has 2 aliphatic rings. The van der Waals surface area contributed by atoms with Crippen LogP contribution in [0.25, 0.3) is 0 Å². The van der Waals surface area contributed by atoms with Gasteiger partial charge in [-0.1, -0.05) is 0 Å². The van der Waals surface area contributed by atoms with Crippen LogP contribution in [0.2, 0.25) is 0 Å². The molecule has 1 aromatic rings. The van der Waals surface area contributed by atoms with Gasteiger partial charge in [-0.2, -0.15) is 0 Å². The molecule has 2 saturated heterocycles. The van der Waals surface area contributed by atoms with Crippen LogP contribution in [0.1, 0.15) is 25.7 Å². The normalized spacial score (nSPS) is 29.6. The number of methoxy groups -OCH3 is 1. The van der Waals surface area contributed by atoms with Gasteiger partial charge in [-0.3, -0.25) is 0 Å². The molecular weight excluding hydrogens is 247 g/mol. The van der Waals surface area contributed by atoms with E-state index in [0.29, 0.717) is 30.0 Å². The third-order valence-electron chi connectivity index (χ3n) is 4.29. The zero-order valence-corrected chi connectivity index (χ0v) is 11.0. The second-order valence-corrected chi connectivity index (χ2v) is 5.46. The molecule has 0 spiro atoms. The Kier molecular flexibility index (Phi) is 3.01. The van der Waals surface area contributed by atoms with Gasteiger partial charge in [-0.05, 0) is 25.7 Å². The first-order valence-corrected chi connectivity index (χ1v) is 6.69. The van der Waals surface area contributed by atoms with Gasteiger partial charge >= 0.3 is 0 Å². The van der Waals surface area contributed by atoms with E-state index in [1.54, 1.807) is 6.07 Å². The second-order valence-electron chi connectivity index (χ2n) is 5.46. The van der Waals surface area contributed by atoms with Crippen molar-refractivity contribution in [1.29, 1.82) is 0 Å². The molecule has 0 saturated carbocycles. The number of rotatable bonds is 2. The molecular formula is C14H19FN2O2. The summed E-state index contributed by atoms with van der Waals surface area (Å²) in [5.41, 5.74) is 6.57. The standard InChI is InChI=1S/C14H19FN2O2/c1-19-14-7-13(11(15)6-12(14)16)17-8-2-3-9(17)5-10(18)4-8/h6-10,18H,2-5,16H2,1H3. The molecule has 2 aliphatic heterocycles. The highest BCUT2D eigenvalue weighted by Crippen LogP contribution is 2.42. The van der Waals surface area contributed by atoms with Crippen LogP contribution in [0.5, 0.6) is 5.75 Å². The number of nitrogens with zero attached hydrogens (tertiary/aromatic N) is 1. The monoisotopic (exact) mass is 266 g/mol. The molecule has 2 unspecified atom stereocenters. The quantitative estimate of drug-likeness (QED) is 0.803. The molecule has 2 bridgehead atoms. The minimum Gasteiger partial charge on any atom is -0.495 e. The van der Waals surface area contributed by atoms with Gasteiger partial charge in [0.2, 0.25) is 0 Å². The molecule has 1 aromatic carbocycles. The summed E-state index contributed by atoms with van der Waals surface area (Å²) >= 11 is 0. The van der Waals surface area contributed by atoms with Crippen LogP contribution < -0.4 is 15.4 Å². The van der Waals surface area contributed by atoms with Crippen molar-refractivity contribution in [1.82, 2.24) is 0 Å². The SMILES string of the molecule is COc1cc(N2C3CCC2CC(O)C3)c(F)cc1N. The molecule has 19 heavy (non-hydrogen) atoms. The number of hydrogen-bond donors (Lipinski definition) is 2. The minimum atomic E-state index is -0.313. The third-order valence-corrected chi connectivity index (χ3v) is 4.29. The van der Waals surface area contributed by atoms with Crippen molar-refractivity contribution >= 4 is 11.4 Å². The second kappa shape index (κ2) is 4.56. The largest absolute Gasteiger partial charge is 0.495 e. The first kappa shape index (κ1) is 12.5. The van der Waals surface area contributed by atoms with E-state index in [0.717, 1.165) is 12.8 Å². The Labute approximate surface area is 112 Å². The molecule has 0 aliphatic carbocycles. The molecule has 5 heteroatoms. The van der Waals surface area contributed by atoms with Gasteiger partial charge in [0.25, 0.3) is 0 Å². The van der Waals surface area contributed by atoms with Crippen LogP contribution in [-0.2, 0) is 0 Å². The molecule has 2 heterocycles. The van der Waals surface area contributed by atoms with Crippen LogP contribution >= 0.6 is 0 Å². The van der Waals surface area contributed by atoms with Crippen LogP contribution in [0.4, 0.5) is 15.8 Å². The van der Waals surface area contributed by atoms with Gasteiger partial charge in [-0.25, -0.2) is 4.39 Å². The van der Waals surface area contributed by atoms with Crippen molar-refractivity contribution in [2.24, 2.45) is 0 Å². The maximum atomic E-state index is 14.2. The molecule has 2 fully saturated rings. The maximum absolute atomic E-state index is 14.2. The topological polar surface area (TPSA) is 58.7 Å². The van der Waals surface area contributed by atoms with Crippen molar-refractivity contribution < 1.29 is 14.2 Å². The van der Waals surface area contributed by atoms with Crippen molar-refractivity contribution in [3.63, 3.8) is 0 Å². The van der Waals surface area contributed by atoms with E-state index in [1.807, 2.05) is 0 Å². The lowest BCUT2D eigenvalue weighted by Gasteiger charge is -2.39. The van der Waals surface area contributed by atoms with Gasteiger partial charge in [0.05, 0.1) is 24.6 Å². The molecule has 104 valence electrons. The molecule has 0 radical (unpaired) electrons. The lowest BCUT2D eigenvalue weighted by molar-refractivity contribution is 0.126. The van der Waals surface area contributed by atoms with Gasteiger partial charge in [0, 0.05) is 24.2 Å². The maximum Gasteiger partial charge on any atom is 0.148 e. The van der Waals surface area contributed by atoms with Gasteiger partial charge in [0.1, 0.15) is 11.6 Å². The summed E-state index contributed by atoms with van der Waals surface area (Å²) in [5.74, 6) is 0.188. The fraction of sp³-hybridized carbons (Fsp3) is 0.571. The Hall–Kier alpha value is -1.49. The van der Waals surface area contributed by atoms with Crippen molar-refractivity contribution in [2.45, 2.75) is 43.9 Å². The Bertz CT molecular complexity index is 481. The Balaban J connectivity index is 1.99. The Morgan fingerprint density at radius 1 is 1.32 bits per heavy atom. The summed E-state index contributed by atoms with van der Waals surface area (Å²) in [6.07, 6.45) is 3.18. The lowest BCUT2D eigenvalue weighted by atomic mass is 9.99. The van der Waals surface area contributed by atoms with Gasteiger partial charge in [-0.15, -0.1) is 0 Å². The van der Waals surface area contributed by atoms with Gasteiger partial charge < -0.3 is 20.5 Å². The number of fused-ring (bicyclic) bond motifs is 2. The van der Waals surface area contributed by atoms with E-state index in [2.05, 4.69) is 4.90 Å². The fourth-order valence-electron chi connectivity index (χ4n) is 3.47. The van der Waals surface area contributed by atoms with E-state index in [4.69, 9.17) is 10.5 Å². The molecule has 3 N–H and O–H groups in total. The van der Waals surface area contributed by atoms with E-state index >= 15 is 0 Å². The average Bonchev–Trinajstić information content (AvgIpc) is 2.63. The summed E-state index contributed by atoms with van der Waals surface area (Å²) in [7, 11) is 1.53. The molecule has 4 nitrogen and oxygen atoms in total. The molecule has 2 atom stereocenters. The van der Waals surface area contributed by atoms with Crippen LogP contribution in [0.3, 0.4) is 0 Å². The van der Waals surface area contributed by atoms with Gasteiger partial charge in [0.15, 0.2) is 0 Å². The first-order chi connectivity index (χ1) is 9.10. The summed E-state index contributed by atoms with van der Waals surface area (Å²) < 4.78 is 19.4. The summed E-state index contributed by atoms with van der Waals surface area (Å²) in [6.45, 7) is 0. The number of nitrogens with two attached hydrogens (primary N) is 1. The number of nitrogen functional groups attached to an aromatic ring is 1. The number of anilines is 2. The number of ether oxygens (including phenoxy) is 1. The van der Waals surface area contributed by atoms with Crippen LogP contribution in [0, 0.1) is 5.82 Å². The highest BCUT2D eigenvalue weighted by Gasteiger charge is 2.41. The molecule has 0 amide bonds. The van der Waals surface area contributed by atoms with Crippen molar-refractivity contribution in [3.8, 4) is 5.75 Å². The predicted molar refractivity (Wildman–Crippen MR) is 71.9 cm³/mol. The minimum absolute atomic E-state index is 0.219. The van der Waals surface area contributed by atoms with Crippen LogP contribution in [-0.4, -0.2) is 30.4 Å². The van der Waals surface area contributed by atoms with Crippen molar-refractivity contribution in [3.05, 3.63) is 17.9 Å². The zero-order chi connectivity index (χ0) is 13.6. The van der Waals surface area contributed by atoms with Crippen molar-refractivity contribution in [2.75, 3.05) is 17.7 Å². The summed E-state index contributed by atoms with van der Waals surface area (Å²) in [6, 6.07) is 3.43. The highest BCUT2D eigenvalue weighted by molar-refractivity contribution is 5.64. The Morgan fingerprint density at radius 3 is 2.53 bits per heavy atom.